The van der Waals surface area contributed by atoms with Crippen molar-refractivity contribution in [3.63, 3.8) is 0 Å². The monoisotopic (exact) mass is 164 g/mol. The zero-order chi connectivity index (χ0) is 8.97. The number of rotatable bonds is 3. The lowest BCUT2D eigenvalue weighted by molar-refractivity contribution is 0.658. The molecule has 1 rings (SSSR count). The average molecular weight is 164 g/mol. The summed E-state index contributed by atoms with van der Waals surface area (Å²) in [5.41, 5.74) is 13.8. The van der Waals surface area contributed by atoms with E-state index in [-0.39, 0.29) is 6.04 Å². The van der Waals surface area contributed by atoms with Gasteiger partial charge in [0.2, 0.25) is 0 Å². The van der Waals surface area contributed by atoms with Crippen molar-refractivity contribution in [3.8, 4) is 0 Å². The highest BCUT2D eigenvalue weighted by molar-refractivity contribution is 5.28. The molecule has 1 atom stereocenters. The van der Waals surface area contributed by atoms with Crippen LogP contribution in [0.3, 0.4) is 0 Å². The van der Waals surface area contributed by atoms with Crippen LogP contribution in [0.2, 0.25) is 0 Å². The van der Waals surface area contributed by atoms with Crippen molar-refractivity contribution in [1.29, 1.82) is 0 Å². The zero-order valence-electron chi connectivity index (χ0n) is 7.46. The Kier molecular flexibility index (Phi) is 3.26. The number of nitrogens with two attached hydrogens (primary N) is 2. The van der Waals surface area contributed by atoms with E-state index in [1.54, 1.807) is 0 Å². The summed E-state index contributed by atoms with van der Waals surface area (Å²) in [5, 5.41) is 0. The Morgan fingerprint density at radius 3 is 2.58 bits per heavy atom. The highest BCUT2D eigenvalue weighted by Crippen LogP contribution is 2.16. The van der Waals surface area contributed by atoms with Crippen molar-refractivity contribution in [3.05, 3.63) is 35.4 Å². The van der Waals surface area contributed by atoms with Crippen LogP contribution in [0.4, 0.5) is 0 Å². The van der Waals surface area contributed by atoms with Gasteiger partial charge in [-0.05, 0) is 31.0 Å². The lowest BCUT2D eigenvalue weighted by Gasteiger charge is -2.12. The van der Waals surface area contributed by atoms with Crippen molar-refractivity contribution in [2.45, 2.75) is 19.4 Å². The van der Waals surface area contributed by atoms with Gasteiger partial charge >= 0.3 is 0 Å². The maximum absolute atomic E-state index is 5.93. The van der Waals surface area contributed by atoms with Gasteiger partial charge in [0.05, 0.1) is 0 Å². The van der Waals surface area contributed by atoms with Crippen LogP contribution in [0.15, 0.2) is 24.3 Å². The number of aryl methyl sites for hydroxylation is 1. The van der Waals surface area contributed by atoms with Crippen LogP contribution in [0, 0.1) is 6.92 Å². The van der Waals surface area contributed by atoms with Gasteiger partial charge in [0, 0.05) is 6.04 Å². The minimum absolute atomic E-state index is 0.0937. The predicted octanol–water partition coefficient (Wildman–Crippen LogP) is 1.34. The van der Waals surface area contributed by atoms with E-state index in [0.29, 0.717) is 6.54 Å². The summed E-state index contributed by atoms with van der Waals surface area (Å²) in [6.07, 6.45) is 0.852. The fourth-order valence-corrected chi connectivity index (χ4v) is 1.34. The first-order valence-electron chi connectivity index (χ1n) is 4.27. The predicted molar refractivity (Wildman–Crippen MR) is 51.8 cm³/mol. The van der Waals surface area contributed by atoms with Gasteiger partial charge in [0.1, 0.15) is 0 Å². The summed E-state index contributed by atoms with van der Waals surface area (Å²) in [6.45, 7) is 2.72. The SMILES string of the molecule is Cc1ccccc1[C@@H](N)CCN. The summed E-state index contributed by atoms with van der Waals surface area (Å²) in [5.74, 6) is 0. The summed E-state index contributed by atoms with van der Waals surface area (Å²) >= 11 is 0. The molecule has 0 aliphatic carbocycles. The summed E-state index contributed by atoms with van der Waals surface area (Å²) in [7, 11) is 0. The van der Waals surface area contributed by atoms with Crippen molar-refractivity contribution in [2.24, 2.45) is 11.5 Å². The zero-order valence-corrected chi connectivity index (χ0v) is 7.46. The maximum atomic E-state index is 5.93. The smallest absolute Gasteiger partial charge is 0.0309 e. The van der Waals surface area contributed by atoms with Crippen LogP contribution in [0.1, 0.15) is 23.6 Å². The number of hydrogen-bond acceptors (Lipinski definition) is 2. The van der Waals surface area contributed by atoms with Gasteiger partial charge in [-0.1, -0.05) is 24.3 Å². The molecule has 1 aromatic carbocycles. The molecule has 12 heavy (non-hydrogen) atoms. The van der Waals surface area contributed by atoms with Crippen LogP contribution in [0.5, 0.6) is 0 Å². The molecular weight excluding hydrogens is 148 g/mol. The first-order chi connectivity index (χ1) is 5.75. The second kappa shape index (κ2) is 4.24. The number of hydrogen-bond donors (Lipinski definition) is 2. The number of benzene rings is 1. The van der Waals surface area contributed by atoms with Crippen molar-refractivity contribution in [2.75, 3.05) is 6.54 Å². The van der Waals surface area contributed by atoms with Crippen LogP contribution >= 0.6 is 0 Å². The molecule has 0 aliphatic heterocycles. The minimum Gasteiger partial charge on any atom is -0.330 e. The van der Waals surface area contributed by atoms with E-state index in [1.807, 2.05) is 12.1 Å². The minimum atomic E-state index is 0.0937. The molecule has 0 spiro atoms. The molecule has 0 aliphatic rings. The highest BCUT2D eigenvalue weighted by atomic mass is 14.7. The lowest BCUT2D eigenvalue weighted by atomic mass is 10.00. The van der Waals surface area contributed by atoms with Crippen LogP contribution in [-0.2, 0) is 0 Å². The molecule has 0 aromatic heterocycles. The third kappa shape index (κ3) is 2.06. The molecule has 0 bridgehead atoms. The fourth-order valence-electron chi connectivity index (χ4n) is 1.34. The van der Waals surface area contributed by atoms with Gasteiger partial charge in [-0.25, -0.2) is 0 Å². The largest absolute Gasteiger partial charge is 0.330 e. The molecule has 0 saturated heterocycles. The molecule has 0 unspecified atom stereocenters. The molecule has 1 aromatic rings. The molecule has 2 heteroatoms. The van der Waals surface area contributed by atoms with Crippen molar-refractivity contribution < 1.29 is 0 Å². The summed E-state index contributed by atoms with van der Waals surface area (Å²) < 4.78 is 0. The van der Waals surface area contributed by atoms with Crippen molar-refractivity contribution in [1.82, 2.24) is 0 Å². The summed E-state index contributed by atoms with van der Waals surface area (Å²) in [4.78, 5) is 0. The van der Waals surface area contributed by atoms with E-state index >= 15 is 0 Å². The van der Waals surface area contributed by atoms with Gasteiger partial charge in [-0.2, -0.15) is 0 Å². The van der Waals surface area contributed by atoms with Gasteiger partial charge in [0.15, 0.2) is 0 Å². The van der Waals surface area contributed by atoms with E-state index in [4.69, 9.17) is 11.5 Å². The van der Waals surface area contributed by atoms with Crippen LogP contribution in [-0.4, -0.2) is 6.54 Å². The Hall–Kier alpha value is -0.860. The fraction of sp³-hybridized carbons (Fsp3) is 0.400. The second-order valence-electron chi connectivity index (χ2n) is 3.04. The first-order valence-corrected chi connectivity index (χ1v) is 4.27. The van der Waals surface area contributed by atoms with E-state index in [1.165, 1.54) is 11.1 Å². The van der Waals surface area contributed by atoms with E-state index in [2.05, 4.69) is 19.1 Å². The Morgan fingerprint density at radius 1 is 1.33 bits per heavy atom. The Labute approximate surface area is 73.6 Å². The maximum Gasteiger partial charge on any atom is 0.0309 e. The topological polar surface area (TPSA) is 52.0 Å². The van der Waals surface area contributed by atoms with E-state index < -0.39 is 0 Å². The standard InChI is InChI=1S/C10H16N2/c1-8-4-2-3-5-9(8)10(12)6-7-11/h2-5,10H,6-7,11-12H2,1H3/t10-/m0/s1. The molecule has 0 saturated carbocycles. The van der Waals surface area contributed by atoms with Gasteiger partial charge in [0.25, 0.3) is 0 Å². The lowest BCUT2D eigenvalue weighted by Crippen LogP contribution is -2.16. The quantitative estimate of drug-likeness (QED) is 0.708. The third-order valence-electron chi connectivity index (χ3n) is 2.07. The van der Waals surface area contributed by atoms with Gasteiger partial charge in [-0.3, -0.25) is 0 Å². The normalized spacial score (nSPS) is 12.9. The van der Waals surface area contributed by atoms with Gasteiger partial charge in [-0.15, -0.1) is 0 Å². The van der Waals surface area contributed by atoms with Gasteiger partial charge < -0.3 is 11.5 Å². The molecule has 66 valence electrons. The molecule has 0 amide bonds. The van der Waals surface area contributed by atoms with E-state index in [9.17, 15) is 0 Å². The first kappa shape index (κ1) is 9.23. The Balaban J connectivity index is 2.79. The molecule has 0 radical (unpaired) electrons. The Morgan fingerprint density at radius 2 is 2.00 bits per heavy atom. The Bertz CT molecular complexity index is 245. The van der Waals surface area contributed by atoms with Crippen LogP contribution in [0.25, 0.3) is 0 Å². The van der Waals surface area contributed by atoms with Crippen LogP contribution < -0.4 is 11.5 Å². The average Bonchev–Trinajstić information content (AvgIpc) is 2.05. The molecule has 0 heterocycles. The molecular formula is C10H16N2. The summed E-state index contributed by atoms with van der Waals surface area (Å²) in [6, 6.07) is 8.27. The van der Waals surface area contributed by atoms with Crippen molar-refractivity contribution >= 4 is 0 Å². The third-order valence-corrected chi connectivity index (χ3v) is 2.07. The molecule has 0 fully saturated rings. The van der Waals surface area contributed by atoms with E-state index in [0.717, 1.165) is 6.42 Å². The molecule has 4 N–H and O–H groups in total. The highest BCUT2D eigenvalue weighted by Gasteiger charge is 2.05. The molecule has 2 nitrogen and oxygen atoms in total. The second-order valence-corrected chi connectivity index (χ2v) is 3.04.